The fourth-order valence-corrected chi connectivity index (χ4v) is 26.7. The van der Waals surface area contributed by atoms with Crippen molar-refractivity contribution in [2.24, 2.45) is 23.7 Å². The molecule has 37 heteroatoms. The normalized spacial score (nSPS) is 19.9. The number of rotatable bonds is 34. The molecular formula is C108H122F3N11O20S3. The van der Waals surface area contributed by atoms with E-state index in [1.165, 1.54) is 113 Å². The molecule has 0 spiro atoms. The smallest absolute Gasteiger partial charge is 0.450 e. The number of nitrogens with one attached hydrogen (secondary N) is 2. The number of hydrogen-bond donors (Lipinski definition) is 2. The Morgan fingerprint density at radius 1 is 0.448 bits per heavy atom. The lowest BCUT2D eigenvalue weighted by Gasteiger charge is -2.58. The number of imide groups is 3. The van der Waals surface area contributed by atoms with E-state index in [1.54, 1.807) is 80.9 Å². The molecular weight excluding hydrogens is 1920 g/mol. The molecule has 0 radical (unpaired) electrons. The molecule has 6 aliphatic heterocycles. The lowest BCUT2D eigenvalue weighted by Crippen LogP contribution is -2.60. The fourth-order valence-electron chi connectivity index (χ4n) is 22.9. The standard InChI is InChI=1S/C39H44N4O9S2.C38H41F3N4O7S.C31H37N3O4/c1-25(26-11-7-6-8-12-26)41-19-21-42(22-20-41)31-14-9-13-28-34(31)37(45)43(36(28)44)30(27-16-17-32(49-2)33(23-27)50-3)15-10-18-40-54(47,48)39-35(51-4)29(24-53-39)38(46)52-5;1-24-22-33(35(52-24)38(39,40)41)53(48,49)42-17-9-14-29(27-15-16-31(50-3)32(23-27)51-4)45-36(46)28-12-8-13-30(34(28)37(45)47)44-20-18-43(19-21-44)25(2)26-10-6-5-7-11-26;1-37-26-7-6-19(17-27(26)38-2)18-34-30(35)24-4-3-5-25(28(24)31(34)36)32-8-10-33(11-9-32)29-22-13-20-12-21(15-22)16-23(29)14-20/h6-9,11-14,16-17,23-25,30,40H,10,15,18-22H2,1-5H3;5-8,10-13,15-16,22-23,25,29,42H,9,14,17-21H2,1-4H3;3-7,17,20-23,29H,8-16,18H2,1-2H3/t25-,30?;25-,29?;/m11./s1. The molecule has 7 fully saturated rings. The molecule has 4 bridgehead atoms. The van der Waals surface area contributed by atoms with Crippen molar-refractivity contribution in [1.82, 2.24) is 38.8 Å². The Kier molecular flexibility index (Phi) is 31.6. The number of carbonyl (C=O) groups is 7. The molecule has 4 atom stereocenters. The predicted octanol–water partition coefficient (Wildman–Crippen LogP) is 16.6. The van der Waals surface area contributed by atoms with Gasteiger partial charge in [0.05, 0.1) is 126 Å². The minimum atomic E-state index is -5.02. The molecule has 8 heterocycles. The van der Waals surface area contributed by atoms with Gasteiger partial charge in [-0.2, -0.15) is 13.2 Å². The monoisotopic (exact) mass is 2050 g/mol. The number of aryl methyl sites for hydroxylation is 1. The highest BCUT2D eigenvalue weighted by Gasteiger charge is 2.52. The quantitative estimate of drug-likeness (QED) is 0.0215. The van der Waals surface area contributed by atoms with Crippen LogP contribution in [0.2, 0.25) is 0 Å². The van der Waals surface area contributed by atoms with Crippen molar-refractivity contribution in [3.63, 3.8) is 0 Å². The third-order valence-corrected chi connectivity index (χ3v) is 34.3. The zero-order valence-corrected chi connectivity index (χ0v) is 85.5. The van der Waals surface area contributed by atoms with Gasteiger partial charge in [0.2, 0.25) is 15.8 Å². The molecule has 145 heavy (non-hydrogen) atoms. The molecule has 3 saturated heterocycles. The van der Waals surface area contributed by atoms with Gasteiger partial charge in [0.1, 0.15) is 16.2 Å². The summed E-state index contributed by atoms with van der Waals surface area (Å²) in [6.45, 7) is 15.1. The Morgan fingerprint density at radius 2 is 0.862 bits per heavy atom. The number of nitrogens with zero attached hydrogens (tertiary/aromatic N) is 9. The maximum atomic E-state index is 14.5. The topological polar surface area (TPSA) is 328 Å². The van der Waals surface area contributed by atoms with Gasteiger partial charge in [-0.1, -0.05) is 97.1 Å². The molecule has 2 unspecified atom stereocenters. The van der Waals surface area contributed by atoms with Crippen molar-refractivity contribution >= 4 is 89.9 Å². The number of piperazine rings is 3. The van der Waals surface area contributed by atoms with Crippen LogP contribution in [-0.4, -0.2) is 242 Å². The minimum Gasteiger partial charge on any atom is -0.494 e. The van der Waals surface area contributed by atoms with E-state index in [-0.39, 0.29) is 96.1 Å². The van der Waals surface area contributed by atoms with E-state index in [1.807, 2.05) is 78.9 Å². The van der Waals surface area contributed by atoms with E-state index in [0.29, 0.717) is 105 Å². The molecule has 2 aromatic heterocycles. The van der Waals surface area contributed by atoms with E-state index in [2.05, 4.69) is 81.4 Å². The number of carbonyl (C=O) groups excluding carboxylic acids is 7. The first-order chi connectivity index (χ1) is 69.8. The second kappa shape index (κ2) is 44.2. The lowest BCUT2D eigenvalue weighted by atomic mass is 9.54. The SMILES string of the molecule is COC(=O)c1csc(S(=O)(=O)NCCCC(c2ccc(OC)c(OC)c2)N2C(=O)c3cccc(N4CCN([C@H](C)c5ccccc5)CC4)c3C2=O)c1OC.COc1ccc(C(CCCNS(=O)(=O)c2cc(C)oc2C(F)(F)F)N2C(=O)c3cccc(N4CCN([C@H](C)c5ccccc5)CC4)c3C2=O)cc1OC.COc1ccc(CN2C(=O)c3cccc(N4CCN(C5C6CC7CC(C6)CC5C7)CC4)c3C2=O)cc1OC. The predicted molar refractivity (Wildman–Crippen MR) is 540 cm³/mol. The van der Waals surface area contributed by atoms with E-state index in [9.17, 15) is 63.6 Å². The number of esters is 1. The van der Waals surface area contributed by atoms with Crippen LogP contribution in [0.5, 0.6) is 40.2 Å². The number of methoxy groups -OCH3 is 8. The summed E-state index contributed by atoms with van der Waals surface area (Å²) in [5.74, 6) is 1.74. The van der Waals surface area contributed by atoms with Crippen LogP contribution < -0.4 is 57.3 Å². The molecule has 4 aliphatic carbocycles. The van der Waals surface area contributed by atoms with Crippen molar-refractivity contribution in [3.8, 4) is 40.2 Å². The van der Waals surface area contributed by atoms with Crippen molar-refractivity contribution in [2.45, 2.75) is 131 Å². The Balaban J connectivity index is 0.000000151. The Morgan fingerprint density at radius 3 is 1.29 bits per heavy atom. The van der Waals surface area contributed by atoms with Crippen molar-refractivity contribution in [1.29, 1.82) is 0 Å². The van der Waals surface area contributed by atoms with E-state index in [0.717, 1.165) is 116 Å². The van der Waals surface area contributed by atoms with Crippen LogP contribution in [-0.2, 0) is 37.5 Å². The first-order valence-electron chi connectivity index (χ1n) is 49.0. The Hall–Kier alpha value is -12.9. The van der Waals surface area contributed by atoms with Crippen LogP contribution in [0.25, 0.3) is 0 Å². The van der Waals surface area contributed by atoms with Gasteiger partial charge < -0.3 is 57.0 Å². The van der Waals surface area contributed by atoms with Gasteiger partial charge in [-0.3, -0.25) is 58.2 Å². The van der Waals surface area contributed by atoms with Crippen molar-refractivity contribution in [3.05, 3.63) is 260 Å². The number of amides is 6. The van der Waals surface area contributed by atoms with Gasteiger partial charge >= 0.3 is 12.1 Å². The summed E-state index contributed by atoms with van der Waals surface area (Å²) < 4.78 is 145. The summed E-state index contributed by atoms with van der Waals surface area (Å²) in [5, 5.41) is 1.37. The number of sulfonamides is 2. The zero-order chi connectivity index (χ0) is 103. The van der Waals surface area contributed by atoms with Crippen LogP contribution in [0.1, 0.15) is 208 Å². The van der Waals surface area contributed by atoms with Crippen LogP contribution in [0.15, 0.2) is 195 Å². The molecule has 10 aromatic rings. The van der Waals surface area contributed by atoms with Gasteiger partial charge in [0, 0.05) is 121 Å². The maximum absolute atomic E-state index is 14.5. The molecule has 31 nitrogen and oxygen atoms in total. The van der Waals surface area contributed by atoms with Crippen LogP contribution in [0, 0.1) is 30.6 Å². The van der Waals surface area contributed by atoms with Crippen molar-refractivity contribution < 1.29 is 106 Å². The number of anilines is 3. The maximum Gasteiger partial charge on any atom is 0.450 e. The lowest BCUT2D eigenvalue weighted by molar-refractivity contribution is -0.155. The van der Waals surface area contributed by atoms with Gasteiger partial charge in [-0.25, -0.2) is 31.1 Å². The minimum absolute atomic E-state index is 0.00695. The zero-order valence-electron chi connectivity index (χ0n) is 83.0. The third kappa shape index (κ3) is 21.2. The molecule has 10 aliphatic rings. The molecule has 4 saturated carbocycles. The van der Waals surface area contributed by atoms with E-state index in [4.69, 9.17) is 37.9 Å². The second-order valence-corrected chi connectivity index (χ2v) is 42.5. The average molecular weight is 2050 g/mol. The summed E-state index contributed by atoms with van der Waals surface area (Å²) in [6, 6.07) is 53.0. The largest absolute Gasteiger partial charge is 0.494 e. The highest BCUT2D eigenvalue weighted by molar-refractivity contribution is 7.91. The summed E-state index contributed by atoms with van der Waals surface area (Å²) in [5.41, 5.74) is 9.03. The molecule has 8 aromatic carbocycles. The molecule has 2 N–H and O–H groups in total. The first kappa shape index (κ1) is 104. The second-order valence-electron chi connectivity index (χ2n) is 38.0. The van der Waals surface area contributed by atoms with Gasteiger partial charge in [0.15, 0.2) is 44.5 Å². The number of fused-ring (bicyclic) bond motifs is 3. The molecule has 768 valence electrons. The van der Waals surface area contributed by atoms with Gasteiger partial charge in [0.25, 0.3) is 45.5 Å². The fraction of sp³-hybridized carbons (Fsp3) is 0.417. The molecule has 6 amide bonds. The van der Waals surface area contributed by atoms with Crippen molar-refractivity contribution in [2.75, 3.05) is 163 Å². The van der Waals surface area contributed by atoms with E-state index >= 15 is 0 Å². The van der Waals surface area contributed by atoms with Gasteiger partial charge in [-0.05, 0) is 203 Å². The number of alkyl halides is 3. The highest BCUT2D eigenvalue weighted by atomic mass is 32.2. The summed E-state index contributed by atoms with van der Waals surface area (Å²) in [4.78, 5) is 113. The Bertz CT molecular complexity index is 6680. The van der Waals surface area contributed by atoms with Crippen LogP contribution in [0.4, 0.5) is 30.2 Å². The number of benzene rings is 8. The Labute approximate surface area is 846 Å². The van der Waals surface area contributed by atoms with Crippen LogP contribution in [0.3, 0.4) is 0 Å². The summed E-state index contributed by atoms with van der Waals surface area (Å²) >= 11 is 0.841. The summed E-state index contributed by atoms with van der Waals surface area (Å²) in [7, 11) is 2.89. The number of halogens is 3. The number of hydrogen-bond acceptors (Lipinski definition) is 27. The number of thiophene rings is 1. The average Bonchev–Trinajstić information content (AvgIpc) is 1.46. The number of furan rings is 1. The van der Waals surface area contributed by atoms with Gasteiger partial charge in [-0.15, -0.1) is 11.3 Å². The molecule has 20 rings (SSSR count). The number of ether oxygens (including phenoxy) is 8. The first-order valence-corrected chi connectivity index (χ1v) is 52.8. The third-order valence-electron chi connectivity index (χ3n) is 29.9. The van der Waals surface area contributed by atoms with Crippen LogP contribution >= 0.6 is 11.3 Å². The summed E-state index contributed by atoms with van der Waals surface area (Å²) in [6.07, 6.45) is 2.84. The van der Waals surface area contributed by atoms with E-state index < -0.39 is 78.6 Å². The highest BCUT2D eigenvalue weighted by Crippen LogP contribution is 2.56.